The summed E-state index contributed by atoms with van der Waals surface area (Å²) >= 11 is 0. The van der Waals surface area contributed by atoms with E-state index in [0.717, 1.165) is 5.56 Å². The zero-order chi connectivity index (χ0) is 31.2. The molecule has 0 bridgehead atoms. The van der Waals surface area contributed by atoms with E-state index in [2.05, 4.69) is 16.0 Å². The average molecular weight is 581 g/mol. The Kier molecular flexibility index (Phi) is 13.9. The molecular formula is C32H44N4O6. The molecule has 0 saturated heterocycles. The predicted octanol–water partition coefficient (Wildman–Crippen LogP) is 4.03. The third kappa shape index (κ3) is 12.2. The molecule has 4 N–H and O–H groups in total. The van der Waals surface area contributed by atoms with Crippen LogP contribution in [0.3, 0.4) is 0 Å². The molecule has 0 aromatic heterocycles. The van der Waals surface area contributed by atoms with Gasteiger partial charge in [0.15, 0.2) is 0 Å². The second-order valence-electron chi connectivity index (χ2n) is 11.5. The maximum Gasteiger partial charge on any atom is 0.269 e. The van der Waals surface area contributed by atoms with E-state index in [1.54, 1.807) is 25.1 Å². The molecule has 10 nitrogen and oxygen atoms in total. The Bertz CT molecular complexity index is 1200. The quantitative estimate of drug-likeness (QED) is 0.134. The number of nitro benzene ring substituents is 1. The zero-order valence-electron chi connectivity index (χ0n) is 25.1. The van der Waals surface area contributed by atoms with Gasteiger partial charge in [-0.1, -0.05) is 77.1 Å². The van der Waals surface area contributed by atoms with Gasteiger partial charge in [0.1, 0.15) is 6.04 Å². The van der Waals surface area contributed by atoms with Gasteiger partial charge in [0.25, 0.3) is 5.69 Å². The molecule has 0 aliphatic carbocycles. The van der Waals surface area contributed by atoms with Gasteiger partial charge < -0.3 is 21.1 Å². The Hall–Kier alpha value is -4.05. The number of nitrogens with one attached hydrogen (secondary N) is 3. The summed E-state index contributed by atoms with van der Waals surface area (Å²) in [6.07, 6.45) is 2.66. The maximum absolute atomic E-state index is 13.6. The summed E-state index contributed by atoms with van der Waals surface area (Å²) in [4.78, 5) is 49.5. The van der Waals surface area contributed by atoms with Crippen LogP contribution in [0.15, 0.2) is 60.7 Å². The van der Waals surface area contributed by atoms with Crippen LogP contribution in [0, 0.1) is 27.9 Å². The standard InChI is InChI=1S/C32H44N4O6/c1-21(2)17-27(29(37)18-23(5)31(39)33-20-22(3)4)35-32(40)28(19-25-11-14-26(15-12-25)36(41)42)34-30(38)16-13-24-9-7-6-8-10-24/h6-16,21-23,27-29,37H,17-20H2,1-5H3,(H,33,39)(H,34,38)(H,35,40)/b16-13+/t23-,27+,28+,29+/m1/s1. The first-order chi connectivity index (χ1) is 19.8. The molecule has 3 amide bonds. The average Bonchev–Trinajstić information content (AvgIpc) is 2.94. The van der Waals surface area contributed by atoms with Gasteiger partial charge >= 0.3 is 0 Å². The van der Waals surface area contributed by atoms with Crippen LogP contribution in [0.5, 0.6) is 0 Å². The van der Waals surface area contributed by atoms with Crippen LogP contribution in [-0.4, -0.2) is 52.5 Å². The molecule has 0 saturated carbocycles. The number of aliphatic hydroxyl groups excluding tert-OH is 1. The smallest absolute Gasteiger partial charge is 0.269 e. The van der Waals surface area contributed by atoms with E-state index in [0.29, 0.717) is 24.4 Å². The topological polar surface area (TPSA) is 151 Å². The van der Waals surface area contributed by atoms with Crippen molar-refractivity contribution in [1.29, 1.82) is 0 Å². The first-order valence-corrected chi connectivity index (χ1v) is 14.4. The summed E-state index contributed by atoms with van der Waals surface area (Å²) in [7, 11) is 0. The Morgan fingerprint density at radius 2 is 1.52 bits per heavy atom. The number of aliphatic hydroxyl groups is 1. The number of non-ortho nitro benzene ring substituents is 1. The number of carbonyl (C=O) groups is 3. The fourth-order valence-corrected chi connectivity index (χ4v) is 4.37. The highest BCUT2D eigenvalue weighted by Gasteiger charge is 2.29. The third-order valence-corrected chi connectivity index (χ3v) is 6.69. The largest absolute Gasteiger partial charge is 0.391 e. The summed E-state index contributed by atoms with van der Waals surface area (Å²) < 4.78 is 0. The highest BCUT2D eigenvalue weighted by molar-refractivity contribution is 5.95. The second-order valence-corrected chi connectivity index (χ2v) is 11.5. The highest BCUT2D eigenvalue weighted by atomic mass is 16.6. The van der Waals surface area contributed by atoms with Gasteiger partial charge in [-0.25, -0.2) is 0 Å². The fraction of sp³-hybridized carbons (Fsp3) is 0.469. The molecular weight excluding hydrogens is 536 g/mol. The number of hydrogen-bond donors (Lipinski definition) is 4. The minimum Gasteiger partial charge on any atom is -0.391 e. The number of rotatable bonds is 16. The first kappa shape index (κ1) is 34.2. The van der Waals surface area contributed by atoms with E-state index >= 15 is 0 Å². The Labute approximate surface area is 248 Å². The van der Waals surface area contributed by atoms with Crippen LogP contribution >= 0.6 is 0 Å². The van der Waals surface area contributed by atoms with Gasteiger partial charge in [0.05, 0.1) is 17.1 Å². The van der Waals surface area contributed by atoms with Crippen molar-refractivity contribution in [2.75, 3.05) is 6.54 Å². The molecule has 0 aliphatic heterocycles. The van der Waals surface area contributed by atoms with Gasteiger partial charge in [-0.2, -0.15) is 0 Å². The molecule has 0 heterocycles. The van der Waals surface area contributed by atoms with E-state index in [1.807, 2.05) is 58.0 Å². The minimum atomic E-state index is -1.02. The van der Waals surface area contributed by atoms with Gasteiger partial charge in [-0.3, -0.25) is 24.5 Å². The summed E-state index contributed by atoms with van der Waals surface area (Å²) in [6, 6.07) is 13.3. The predicted molar refractivity (Wildman–Crippen MR) is 163 cm³/mol. The molecule has 0 radical (unpaired) electrons. The van der Waals surface area contributed by atoms with E-state index < -0.39 is 40.8 Å². The Balaban J connectivity index is 2.21. The minimum absolute atomic E-state index is 0.0766. The number of nitrogens with zero attached hydrogens (tertiary/aromatic N) is 1. The lowest BCUT2D eigenvalue weighted by atomic mass is 9.92. The summed E-state index contributed by atoms with van der Waals surface area (Å²) in [5.74, 6) is -1.19. The number of nitro groups is 1. The molecule has 0 unspecified atom stereocenters. The van der Waals surface area contributed by atoms with E-state index in [-0.39, 0.29) is 30.4 Å². The Morgan fingerprint density at radius 1 is 0.881 bits per heavy atom. The van der Waals surface area contributed by atoms with E-state index in [1.165, 1.54) is 18.2 Å². The van der Waals surface area contributed by atoms with Crippen LogP contribution in [-0.2, 0) is 20.8 Å². The summed E-state index contributed by atoms with van der Waals surface area (Å²) in [5.41, 5.74) is 1.35. The van der Waals surface area contributed by atoms with Crippen LogP contribution in [0.1, 0.15) is 58.6 Å². The Morgan fingerprint density at radius 3 is 2.10 bits per heavy atom. The van der Waals surface area contributed by atoms with Gasteiger partial charge in [0.2, 0.25) is 17.7 Å². The summed E-state index contributed by atoms with van der Waals surface area (Å²) in [6.45, 7) is 10.2. The molecule has 10 heteroatoms. The van der Waals surface area contributed by atoms with Crippen molar-refractivity contribution in [3.8, 4) is 0 Å². The van der Waals surface area contributed by atoms with Gasteiger partial charge in [0, 0.05) is 37.1 Å². The third-order valence-electron chi connectivity index (χ3n) is 6.69. The van der Waals surface area contributed by atoms with Crippen molar-refractivity contribution in [1.82, 2.24) is 16.0 Å². The van der Waals surface area contributed by atoms with Crippen LogP contribution in [0.2, 0.25) is 0 Å². The number of carbonyl (C=O) groups excluding carboxylic acids is 3. The molecule has 0 fully saturated rings. The molecule has 0 spiro atoms. The molecule has 4 atom stereocenters. The van der Waals surface area contributed by atoms with E-state index in [9.17, 15) is 29.6 Å². The zero-order valence-corrected chi connectivity index (χ0v) is 25.1. The first-order valence-electron chi connectivity index (χ1n) is 14.4. The van der Waals surface area contributed by atoms with Crippen molar-refractivity contribution < 1.29 is 24.4 Å². The molecule has 2 aromatic carbocycles. The van der Waals surface area contributed by atoms with Crippen molar-refractivity contribution in [2.45, 2.75) is 72.1 Å². The highest BCUT2D eigenvalue weighted by Crippen LogP contribution is 2.17. The lowest BCUT2D eigenvalue weighted by Gasteiger charge is -2.29. The second kappa shape index (κ2) is 17.0. The van der Waals surface area contributed by atoms with Crippen molar-refractivity contribution in [3.63, 3.8) is 0 Å². The molecule has 0 aliphatic rings. The van der Waals surface area contributed by atoms with Gasteiger partial charge in [-0.05, 0) is 41.9 Å². The maximum atomic E-state index is 13.6. The lowest BCUT2D eigenvalue weighted by Crippen LogP contribution is -2.53. The number of hydrogen-bond acceptors (Lipinski definition) is 6. The van der Waals surface area contributed by atoms with Crippen molar-refractivity contribution >= 4 is 29.5 Å². The molecule has 2 aromatic rings. The number of amides is 3. The van der Waals surface area contributed by atoms with Crippen LogP contribution in [0.25, 0.3) is 6.08 Å². The lowest BCUT2D eigenvalue weighted by molar-refractivity contribution is -0.384. The molecule has 228 valence electrons. The molecule has 42 heavy (non-hydrogen) atoms. The van der Waals surface area contributed by atoms with Crippen LogP contribution in [0.4, 0.5) is 5.69 Å². The SMILES string of the molecule is CC(C)CNC(=O)[C@H](C)C[C@H](O)[C@H](CC(C)C)NC(=O)[C@H](Cc1ccc([N+](=O)[O-])cc1)NC(=O)/C=C/c1ccccc1. The van der Waals surface area contributed by atoms with Crippen LogP contribution < -0.4 is 16.0 Å². The van der Waals surface area contributed by atoms with E-state index in [4.69, 9.17) is 0 Å². The van der Waals surface area contributed by atoms with Gasteiger partial charge in [-0.15, -0.1) is 0 Å². The monoisotopic (exact) mass is 580 g/mol. The molecule has 2 rings (SSSR count). The fourth-order valence-electron chi connectivity index (χ4n) is 4.37. The van der Waals surface area contributed by atoms with Crippen molar-refractivity contribution in [2.24, 2.45) is 17.8 Å². The normalized spacial score (nSPS) is 14.3. The summed E-state index contributed by atoms with van der Waals surface area (Å²) in [5, 5.41) is 30.7. The number of benzene rings is 2. The van der Waals surface area contributed by atoms with Crippen molar-refractivity contribution in [3.05, 3.63) is 81.9 Å².